The lowest BCUT2D eigenvalue weighted by Gasteiger charge is -2.31. The van der Waals surface area contributed by atoms with E-state index < -0.39 is 15.9 Å². The van der Waals surface area contributed by atoms with Gasteiger partial charge < -0.3 is 5.32 Å². The number of piperidine rings is 1. The number of hydrogen-bond acceptors (Lipinski definition) is 4. The molecule has 0 aliphatic carbocycles. The highest BCUT2D eigenvalue weighted by atomic mass is 32.2. The molecule has 1 saturated heterocycles. The Hall–Kier alpha value is -3.21. The van der Waals surface area contributed by atoms with Gasteiger partial charge in [0.25, 0.3) is 0 Å². The second kappa shape index (κ2) is 8.88. The van der Waals surface area contributed by atoms with Crippen LogP contribution in [0.4, 0.5) is 5.69 Å². The summed E-state index contributed by atoms with van der Waals surface area (Å²) in [6.07, 6.45) is 1.59. The van der Waals surface area contributed by atoms with Crippen molar-refractivity contribution in [3.8, 4) is 6.07 Å². The van der Waals surface area contributed by atoms with E-state index in [1.54, 1.807) is 36.4 Å². The van der Waals surface area contributed by atoms with Crippen LogP contribution in [0.2, 0.25) is 0 Å². The Morgan fingerprint density at radius 1 is 1.06 bits per heavy atom. The van der Waals surface area contributed by atoms with Crippen molar-refractivity contribution in [2.24, 2.45) is 5.92 Å². The SMILES string of the molecule is N#CCc1ccc(NC(=O)[C@H]2CCCN(S(=O)(=O)c3ccc4ccccc4c3)C2)cc1. The molecule has 3 aromatic carbocycles. The van der Waals surface area contributed by atoms with Gasteiger partial charge in [-0.05, 0) is 53.4 Å². The number of rotatable bonds is 5. The molecule has 4 rings (SSSR count). The number of benzene rings is 3. The zero-order valence-corrected chi connectivity index (χ0v) is 17.8. The van der Waals surface area contributed by atoms with Crippen LogP contribution in [0.25, 0.3) is 10.8 Å². The summed E-state index contributed by atoms with van der Waals surface area (Å²) in [5, 5.41) is 13.5. The topological polar surface area (TPSA) is 90.3 Å². The van der Waals surface area contributed by atoms with E-state index in [1.807, 2.05) is 30.3 Å². The number of carbonyl (C=O) groups excluding carboxylic acids is 1. The van der Waals surface area contributed by atoms with Crippen LogP contribution in [0.15, 0.2) is 71.6 Å². The molecule has 7 heteroatoms. The minimum Gasteiger partial charge on any atom is -0.326 e. The maximum absolute atomic E-state index is 13.2. The van der Waals surface area contributed by atoms with Gasteiger partial charge >= 0.3 is 0 Å². The zero-order valence-electron chi connectivity index (χ0n) is 17.0. The van der Waals surface area contributed by atoms with Crippen molar-refractivity contribution in [3.05, 3.63) is 72.3 Å². The molecule has 0 saturated carbocycles. The van der Waals surface area contributed by atoms with Crippen LogP contribution in [0.3, 0.4) is 0 Å². The van der Waals surface area contributed by atoms with E-state index in [0.717, 1.165) is 16.3 Å². The second-order valence-corrected chi connectivity index (χ2v) is 9.67. The lowest BCUT2D eigenvalue weighted by Crippen LogP contribution is -2.43. The predicted molar refractivity (Wildman–Crippen MR) is 120 cm³/mol. The van der Waals surface area contributed by atoms with E-state index in [-0.39, 0.29) is 17.3 Å². The number of nitriles is 1. The molecule has 1 amide bonds. The van der Waals surface area contributed by atoms with Crippen molar-refractivity contribution in [3.63, 3.8) is 0 Å². The highest BCUT2D eigenvalue weighted by Gasteiger charge is 2.33. The van der Waals surface area contributed by atoms with E-state index in [0.29, 0.717) is 31.5 Å². The summed E-state index contributed by atoms with van der Waals surface area (Å²) in [4.78, 5) is 13.0. The predicted octanol–water partition coefficient (Wildman–Crippen LogP) is 3.95. The molecule has 0 aromatic heterocycles. The third kappa shape index (κ3) is 4.61. The zero-order chi connectivity index (χ0) is 21.8. The number of anilines is 1. The van der Waals surface area contributed by atoms with Crippen molar-refractivity contribution in [1.82, 2.24) is 4.31 Å². The van der Waals surface area contributed by atoms with Crippen LogP contribution in [0.1, 0.15) is 18.4 Å². The fourth-order valence-corrected chi connectivity index (χ4v) is 5.45. The van der Waals surface area contributed by atoms with Gasteiger partial charge in [-0.25, -0.2) is 8.42 Å². The summed E-state index contributed by atoms with van der Waals surface area (Å²) in [7, 11) is -3.68. The number of nitrogens with zero attached hydrogens (tertiary/aromatic N) is 2. The van der Waals surface area contributed by atoms with Gasteiger partial charge in [0.2, 0.25) is 15.9 Å². The average molecular weight is 434 g/mol. The lowest BCUT2D eigenvalue weighted by molar-refractivity contribution is -0.120. The summed E-state index contributed by atoms with van der Waals surface area (Å²) in [6.45, 7) is 0.565. The fourth-order valence-electron chi connectivity index (χ4n) is 3.89. The summed E-state index contributed by atoms with van der Waals surface area (Å²) >= 11 is 0. The van der Waals surface area contributed by atoms with Gasteiger partial charge in [0.05, 0.1) is 23.3 Å². The standard InChI is InChI=1S/C24H23N3O3S/c25-14-13-18-7-10-22(11-8-18)26-24(28)21-6-3-15-27(17-21)31(29,30)23-12-9-19-4-1-2-5-20(19)16-23/h1-2,4-5,7-12,16,21H,3,6,13,15,17H2,(H,26,28)/t21-/m0/s1. The number of hydrogen-bond donors (Lipinski definition) is 1. The molecule has 158 valence electrons. The van der Waals surface area contributed by atoms with Crippen LogP contribution in [-0.2, 0) is 21.2 Å². The Morgan fingerprint density at radius 3 is 2.55 bits per heavy atom. The third-order valence-electron chi connectivity index (χ3n) is 5.62. The maximum Gasteiger partial charge on any atom is 0.243 e. The molecule has 1 aliphatic rings. The summed E-state index contributed by atoms with van der Waals surface area (Å²) in [6, 6.07) is 22.0. The van der Waals surface area contributed by atoms with E-state index in [1.165, 1.54) is 4.31 Å². The highest BCUT2D eigenvalue weighted by Crippen LogP contribution is 2.27. The summed E-state index contributed by atoms with van der Waals surface area (Å²) in [5.74, 6) is -0.603. The Balaban J connectivity index is 1.47. The van der Waals surface area contributed by atoms with Gasteiger partial charge in [0.1, 0.15) is 0 Å². The molecular formula is C24H23N3O3S. The molecule has 0 radical (unpaired) electrons. The van der Waals surface area contributed by atoms with Gasteiger partial charge in [-0.3, -0.25) is 4.79 Å². The normalized spacial score (nSPS) is 17.2. The molecule has 1 heterocycles. The van der Waals surface area contributed by atoms with E-state index in [4.69, 9.17) is 5.26 Å². The Labute approximate surface area is 182 Å². The van der Waals surface area contributed by atoms with Crippen LogP contribution in [-0.4, -0.2) is 31.7 Å². The quantitative estimate of drug-likeness (QED) is 0.660. The van der Waals surface area contributed by atoms with Crippen molar-refractivity contribution < 1.29 is 13.2 Å². The molecule has 6 nitrogen and oxygen atoms in total. The molecular weight excluding hydrogens is 410 g/mol. The number of amides is 1. The number of fused-ring (bicyclic) bond motifs is 1. The minimum absolute atomic E-state index is 0.160. The second-order valence-electron chi connectivity index (χ2n) is 7.73. The molecule has 3 aromatic rings. The first kappa shape index (κ1) is 21.0. The largest absolute Gasteiger partial charge is 0.326 e. The van der Waals surface area contributed by atoms with Crippen molar-refractivity contribution >= 4 is 32.4 Å². The van der Waals surface area contributed by atoms with E-state index in [9.17, 15) is 13.2 Å². The minimum atomic E-state index is -3.68. The number of nitrogens with one attached hydrogen (secondary N) is 1. The van der Waals surface area contributed by atoms with Crippen molar-refractivity contribution in [1.29, 1.82) is 5.26 Å². The van der Waals surface area contributed by atoms with Gasteiger partial charge in [-0.2, -0.15) is 9.57 Å². The lowest BCUT2D eigenvalue weighted by atomic mass is 9.98. The van der Waals surface area contributed by atoms with Gasteiger partial charge in [-0.15, -0.1) is 0 Å². The molecule has 31 heavy (non-hydrogen) atoms. The first-order chi connectivity index (χ1) is 15.0. The third-order valence-corrected chi connectivity index (χ3v) is 7.48. The van der Waals surface area contributed by atoms with Crippen molar-refractivity contribution in [2.45, 2.75) is 24.2 Å². The Kier molecular flexibility index (Phi) is 6.03. The molecule has 0 bridgehead atoms. The molecule has 1 aliphatic heterocycles. The van der Waals surface area contributed by atoms with Crippen LogP contribution in [0.5, 0.6) is 0 Å². The molecule has 1 N–H and O–H groups in total. The number of carbonyl (C=O) groups is 1. The van der Waals surface area contributed by atoms with Crippen LogP contribution in [0, 0.1) is 17.2 Å². The Morgan fingerprint density at radius 2 is 1.81 bits per heavy atom. The first-order valence-electron chi connectivity index (χ1n) is 10.2. The van der Waals surface area contributed by atoms with Crippen LogP contribution >= 0.6 is 0 Å². The average Bonchev–Trinajstić information content (AvgIpc) is 2.80. The molecule has 1 atom stereocenters. The highest BCUT2D eigenvalue weighted by molar-refractivity contribution is 7.89. The van der Waals surface area contributed by atoms with Gasteiger partial charge in [0, 0.05) is 18.8 Å². The monoisotopic (exact) mass is 433 g/mol. The van der Waals surface area contributed by atoms with Crippen molar-refractivity contribution in [2.75, 3.05) is 18.4 Å². The summed E-state index contributed by atoms with van der Waals surface area (Å²) < 4.78 is 27.9. The van der Waals surface area contributed by atoms with E-state index >= 15 is 0 Å². The molecule has 1 fully saturated rings. The molecule has 0 spiro atoms. The Bertz CT molecular complexity index is 1250. The molecule has 0 unspecified atom stereocenters. The summed E-state index contributed by atoms with van der Waals surface area (Å²) in [5.41, 5.74) is 1.52. The number of sulfonamides is 1. The van der Waals surface area contributed by atoms with Gasteiger partial charge in [-0.1, -0.05) is 42.5 Å². The maximum atomic E-state index is 13.2. The van der Waals surface area contributed by atoms with Crippen LogP contribution < -0.4 is 5.32 Å². The first-order valence-corrected chi connectivity index (χ1v) is 11.7. The smallest absolute Gasteiger partial charge is 0.243 e. The van der Waals surface area contributed by atoms with E-state index in [2.05, 4.69) is 11.4 Å². The van der Waals surface area contributed by atoms with Gasteiger partial charge in [0.15, 0.2) is 0 Å². The fraction of sp³-hybridized carbons (Fsp3) is 0.250.